The van der Waals surface area contributed by atoms with Gasteiger partial charge in [-0.25, -0.2) is 4.39 Å². The molecule has 0 radical (unpaired) electrons. The van der Waals surface area contributed by atoms with E-state index in [1.54, 1.807) is 19.3 Å². The Kier molecular flexibility index (Phi) is 4.79. The van der Waals surface area contributed by atoms with Gasteiger partial charge in [-0.2, -0.15) is 0 Å². The third-order valence-corrected chi connectivity index (χ3v) is 4.69. The molecule has 1 fully saturated rings. The largest absolute Gasteiger partial charge is 0.339 e. The van der Waals surface area contributed by atoms with E-state index < -0.39 is 0 Å². The molecule has 3 rings (SSSR count). The normalized spacial score (nSPS) is 15.5. The standard InChI is InChI=1S/C19H21FN2O2/c1-21-9-8-16(13-18(21)23)19(24)22-10-6-15(7-11-22)12-14-2-4-17(20)5-3-14/h2-5,8-9,13,15H,6-7,10-12H2,1H3. The van der Waals surface area contributed by atoms with Gasteiger partial charge < -0.3 is 9.47 Å². The fourth-order valence-electron chi connectivity index (χ4n) is 3.16. The van der Waals surface area contributed by atoms with Gasteiger partial charge in [-0.05, 0) is 48.9 Å². The molecule has 24 heavy (non-hydrogen) atoms. The summed E-state index contributed by atoms with van der Waals surface area (Å²) in [6, 6.07) is 9.72. The summed E-state index contributed by atoms with van der Waals surface area (Å²) < 4.78 is 14.4. The van der Waals surface area contributed by atoms with Crippen LogP contribution in [0.5, 0.6) is 0 Å². The maximum absolute atomic E-state index is 13.0. The highest BCUT2D eigenvalue weighted by Crippen LogP contribution is 2.22. The highest BCUT2D eigenvalue weighted by molar-refractivity contribution is 5.94. The summed E-state index contributed by atoms with van der Waals surface area (Å²) in [5.74, 6) is 0.212. The molecule has 1 aromatic carbocycles. The van der Waals surface area contributed by atoms with Crippen LogP contribution in [0.3, 0.4) is 0 Å². The molecule has 0 N–H and O–H groups in total. The number of likely N-dealkylation sites (tertiary alicyclic amines) is 1. The van der Waals surface area contributed by atoms with Gasteiger partial charge >= 0.3 is 0 Å². The summed E-state index contributed by atoms with van der Waals surface area (Å²) in [5.41, 5.74) is 1.41. The summed E-state index contributed by atoms with van der Waals surface area (Å²) in [7, 11) is 1.66. The summed E-state index contributed by atoms with van der Waals surface area (Å²) in [5, 5.41) is 0. The van der Waals surface area contributed by atoms with Crippen molar-refractivity contribution in [3.05, 3.63) is 69.9 Å². The predicted octanol–water partition coefficient (Wildman–Crippen LogP) is 2.62. The lowest BCUT2D eigenvalue weighted by atomic mass is 9.90. The Balaban J connectivity index is 1.58. The van der Waals surface area contributed by atoms with Crippen LogP contribution in [0.25, 0.3) is 0 Å². The first-order valence-electron chi connectivity index (χ1n) is 8.23. The van der Waals surface area contributed by atoms with Gasteiger partial charge in [0.25, 0.3) is 11.5 Å². The average Bonchev–Trinajstić information content (AvgIpc) is 2.59. The molecule has 0 bridgehead atoms. The molecule has 2 aromatic rings. The van der Waals surface area contributed by atoms with Gasteiger partial charge in [-0.1, -0.05) is 12.1 Å². The van der Waals surface area contributed by atoms with E-state index in [9.17, 15) is 14.0 Å². The molecule has 0 unspecified atom stereocenters. The Labute approximate surface area is 140 Å². The number of aromatic nitrogens is 1. The first-order valence-corrected chi connectivity index (χ1v) is 8.23. The number of hydrogen-bond acceptors (Lipinski definition) is 2. The van der Waals surface area contributed by atoms with Crippen molar-refractivity contribution >= 4 is 5.91 Å². The van der Waals surface area contributed by atoms with Crippen molar-refractivity contribution in [2.75, 3.05) is 13.1 Å². The van der Waals surface area contributed by atoms with Crippen LogP contribution in [-0.2, 0) is 13.5 Å². The molecule has 0 atom stereocenters. The minimum Gasteiger partial charge on any atom is -0.339 e. The second-order valence-electron chi connectivity index (χ2n) is 6.43. The maximum Gasteiger partial charge on any atom is 0.254 e. The molecule has 4 nitrogen and oxygen atoms in total. The Bertz CT molecular complexity index is 775. The van der Waals surface area contributed by atoms with Crippen LogP contribution in [0, 0.1) is 11.7 Å². The molecule has 5 heteroatoms. The number of nitrogens with zero attached hydrogens (tertiary/aromatic N) is 2. The maximum atomic E-state index is 13.0. The quantitative estimate of drug-likeness (QED) is 0.869. The topological polar surface area (TPSA) is 42.3 Å². The highest BCUT2D eigenvalue weighted by atomic mass is 19.1. The van der Waals surface area contributed by atoms with E-state index in [4.69, 9.17) is 0 Å². The van der Waals surface area contributed by atoms with Crippen molar-refractivity contribution in [2.24, 2.45) is 13.0 Å². The van der Waals surface area contributed by atoms with Crippen LogP contribution < -0.4 is 5.56 Å². The minimum absolute atomic E-state index is 0.0760. The smallest absolute Gasteiger partial charge is 0.254 e. The van der Waals surface area contributed by atoms with E-state index in [0.29, 0.717) is 24.6 Å². The summed E-state index contributed by atoms with van der Waals surface area (Å²) in [6.45, 7) is 1.39. The van der Waals surface area contributed by atoms with Crippen molar-refractivity contribution in [1.82, 2.24) is 9.47 Å². The van der Waals surface area contributed by atoms with Crippen molar-refractivity contribution in [2.45, 2.75) is 19.3 Å². The highest BCUT2D eigenvalue weighted by Gasteiger charge is 2.24. The van der Waals surface area contributed by atoms with E-state index in [2.05, 4.69) is 0 Å². The molecule has 0 spiro atoms. The zero-order chi connectivity index (χ0) is 17.1. The predicted molar refractivity (Wildman–Crippen MR) is 90.4 cm³/mol. The van der Waals surface area contributed by atoms with Crippen LogP contribution in [0.15, 0.2) is 47.4 Å². The first-order chi connectivity index (χ1) is 11.5. The Hall–Kier alpha value is -2.43. The average molecular weight is 328 g/mol. The number of hydrogen-bond donors (Lipinski definition) is 0. The van der Waals surface area contributed by atoms with Crippen LogP contribution in [0.4, 0.5) is 4.39 Å². The molecule has 2 heterocycles. The number of aryl methyl sites for hydroxylation is 1. The Morgan fingerprint density at radius 2 is 1.83 bits per heavy atom. The molecule has 1 amide bonds. The second kappa shape index (κ2) is 6.99. The molecule has 1 aromatic heterocycles. The molecule has 126 valence electrons. The van der Waals surface area contributed by atoms with E-state index >= 15 is 0 Å². The zero-order valence-electron chi connectivity index (χ0n) is 13.7. The number of pyridine rings is 1. The van der Waals surface area contributed by atoms with Crippen molar-refractivity contribution < 1.29 is 9.18 Å². The lowest BCUT2D eigenvalue weighted by Crippen LogP contribution is -2.39. The monoisotopic (exact) mass is 328 g/mol. The van der Waals surface area contributed by atoms with E-state index in [-0.39, 0.29) is 17.3 Å². The molecule has 0 saturated carbocycles. The van der Waals surface area contributed by atoms with E-state index in [0.717, 1.165) is 24.8 Å². The fourth-order valence-corrected chi connectivity index (χ4v) is 3.16. The molecular weight excluding hydrogens is 307 g/mol. The van der Waals surface area contributed by atoms with Crippen LogP contribution in [0.2, 0.25) is 0 Å². The lowest BCUT2D eigenvalue weighted by molar-refractivity contribution is 0.0690. The van der Waals surface area contributed by atoms with Crippen LogP contribution in [0.1, 0.15) is 28.8 Å². The molecule has 1 saturated heterocycles. The first kappa shape index (κ1) is 16.4. The van der Waals surface area contributed by atoms with Gasteiger partial charge in [-0.3, -0.25) is 9.59 Å². The van der Waals surface area contributed by atoms with Gasteiger partial charge in [0.15, 0.2) is 0 Å². The lowest BCUT2D eigenvalue weighted by Gasteiger charge is -2.32. The minimum atomic E-state index is -0.215. The van der Waals surface area contributed by atoms with Crippen molar-refractivity contribution in [3.63, 3.8) is 0 Å². The van der Waals surface area contributed by atoms with Crippen molar-refractivity contribution in [3.8, 4) is 0 Å². The second-order valence-corrected chi connectivity index (χ2v) is 6.43. The third-order valence-electron chi connectivity index (χ3n) is 4.69. The van der Waals surface area contributed by atoms with Gasteiger partial charge in [-0.15, -0.1) is 0 Å². The number of carbonyl (C=O) groups excluding carboxylic acids is 1. The SMILES string of the molecule is Cn1ccc(C(=O)N2CCC(Cc3ccc(F)cc3)CC2)cc1=O. The van der Waals surface area contributed by atoms with Gasteiger partial charge in [0.1, 0.15) is 5.82 Å². The number of piperidine rings is 1. The fraction of sp³-hybridized carbons (Fsp3) is 0.368. The number of carbonyl (C=O) groups is 1. The molecular formula is C19H21FN2O2. The molecule has 1 aliphatic rings. The Morgan fingerprint density at radius 1 is 1.17 bits per heavy atom. The number of rotatable bonds is 3. The van der Waals surface area contributed by atoms with Crippen LogP contribution in [-0.4, -0.2) is 28.5 Å². The van der Waals surface area contributed by atoms with E-state index in [1.807, 2.05) is 17.0 Å². The number of halogens is 1. The third kappa shape index (κ3) is 3.72. The summed E-state index contributed by atoms with van der Waals surface area (Å²) >= 11 is 0. The van der Waals surface area contributed by atoms with Gasteiger partial charge in [0, 0.05) is 38.0 Å². The van der Waals surface area contributed by atoms with Gasteiger partial charge in [0.05, 0.1) is 0 Å². The number of amides is 1. The number of benzene rings is 1. The molecule has 0 aliphatic carbocycles. The van der Waals surface area contributed by atoms with Gasteiger partial charge in [0.2, 0.25) is 0 Å². The van der Waals surface area contributed by atoms with Crippen molar-refractivity contribution in [1.29, 1.82) is 0 Å². The Morgan fingerprint density at radius 3 is 2.46 bits per heavy atom. The van der Waals surface area contributed by atoms with E-state index in [1.165, 1.54) is 22.8 Å². The summed E-state index contributed by atoms with van der Waals surface area (Å²) in [6.07, 6.45) is 4.38. The summed E-state index contributed by atoms with van der Waals surface area (Å²) in [4.78, 5) is 26.0. The van der Waals surface area contributed by atoms with Crippen LogP contribution >= 0.6 is 0 Å². The molecule has 1 aliphatic heterocycles. The zero-order valence-corrected chi connectivity index (χ0v) is 13.7.